The summed E-state index contributed by atoms with van der Waals surface area (Å²) in [6, 6.07) is 7.11. The van der Waals surface area contributed by atoms with Gasteiger partial charge in [-0.2, -0.15) is 0 Å². The van der Waals surface area contributed by atoms with Gasteiger partial charge in [-0.1, -0.05) is 11.6 Å². The van der Waals surface area contributed by atoms with Crippen LogP contribution in [0, 0.1) is 0 Å². The summed E-state index contributed by atoms with van der Waals surface area (Å²) < 4.78 is 5.71. The number of aromatic amines is 1. The molecule has 1 aromatic heterocycles. The van der Waals surface area contributed by atoms with Crippen LogP contribution in [0.2, 0.25) is 5.02 Å². The minimum atomic E-state index is -1.03. The molecular weight excluding hydrogens is 352 g/mol. The van der Waals surface area contributed by atoms with Gasteiger partial charge in [0.1, 0.15) is 24.4 Å². The van der Waals surface area contributed by atoms with Crippen molar-refractivity contribution in [2.75, 3.05) is 11.9 Å². The number of rotatable bonds is 4. The van der Waals surface area contributed by atoms with E-state index in [4.69, 9.17) is 28.6 Å². The van der Waals surface area contributed by atoms with Gasteiger partial charge in [0.25, 0.3) is 0 Å². The number of imidazole rings is 1. The first-order valence-corrected chi connectivity index (χ1v) is 8.13. The first kappa shape index (κ1) is 17.1. The highest BCUT2D eigenvalue weighted by Gasteiger charge is 2.43. The lowest BCUT2D eigenvalue weighted by Crippen LogP contribution is -2.41. The van der Waals surface area contributed by atoms with Crippen molar-refractivity contribution in [1.82, 2.24) is 15.3 Å². The molecule has 0 amide bonds. The Kier molecular flexibility index (Phi) is 5.32. The summed E-state index contributed by atoms with van der Waals surface area (Å²) in [5, 5.41) is 27.2. The van der Waals surface area contributed by atoms with Crippen molar-refractivity contribution < 1.29 is 14.9 Å². The number of nitrogens with zero attached hydrogens (tertiary/aromatic N) is 1. The Morgan fingerprint density at radius 1 is 1.29 bits per heavy atom. The summed E-state index contributed by atoms with van der Waals surface area (Å²) in [6.07, 6.45) is -0.248. The lowest BCUT2D eigenvalue weighted by Gasteiger charge is -2.17. The molecular formula is C15H17ClN4O3S. The van der Waals surface area contributed by atoms with E-state index in [1.165, 1.54) is 6.33 Å². The Labute approximate surface area is 149 Å². The van der Waals surface area contributed by atoms with Crippen LogP contribution in [0.15, 0.2) is 36.8 Å². The van der Waals surface area contributed by atoms with Crippen LogP contribution < -0.4 is 10.6 Å². The molecule has 0 unspecified atom stereocenters. The van der Waals surface area contributed by atoms with Gasteiger partial charge in [0.2, 0.25) is 0 Å². The molecule has 128 valence electrons. The van der Waals surface area contributed by atoms with Gasteiger partial charge in [-0.15, -0.1) is 0 Å². The van der Waals surface area contributed by atoms with E-state index in [-0.39, 0.29) is 6.54 Å². The number of nitrogens with one attached hydrogen (secondary N) is 3. The van der Waals surface area contributed by atoms with E-state index in [1.807, 2.05) is 0 Å². The van der Waals surface area contributed by atoms with E-state index in [1.54, 1.807) is 30.5 Å². The number of H-pyrrole nitrogens is 1. The van der Waals surface area contributed by atoms with E-state index >= 15 is 0 Å². The fourth-order valence-electron chi connectivity index (χ4n) is 2.50. The summed E-state index contributed by atoms with van der Waals surface area (Å²) in [4.78, 5) is 6.77. The molecule has 24 heavy (non-hydrogen) atoms. The molecule has 2 heterocycles. The van der Waals surface area contributed by atoms with Crippen LogP contribution >= 0.6 is 23.8 Å². The second-order valence-corrected chi connectivity index (χ2v) is 6.27. The first-order valence-electron chi connectivity index (χ1n) is 7.35. The first-order chi connectivity index (χ1) is 11.5. The van der Waals surface area contributed by atoms with Gasteiger partial charge < -0.3 is 30.6 Å². The average molecular weight is 369 g/mol. The highest BCUT2D eigenvalue weighted by Crippen LogP contribution is 2.32. The third-order valence-corrected chi connectivity index (χ3v) is 4.25. The smallest absolute Gasteiger partial charge is 0.170 e. The van der Waals surface area contributed by atoms with Crippen LogP contribution in [-0.4, -0.2) is 50.2 Å². The molecule has 1 saturated heterocycles. The summed E-state index contributed by atoms with van der Waals surface area (Å²) in [5.74, 6) is 0. The highest BCUT2D eigenvalue weighted by molar-refractivity contribution is 7.80. The predicted octanol–water partition coefficient (Wildman–Crippen LogP) is 1.21. The maximum absolute atomic E-state index is 10.1. The quantitative estimate of drug-likeness (QED) is 0.517. The SMILES string of the molecule is O[C@@H]1[C@@H](O)[C@H](c2cnc[nH]2)O[C@H]1CNC(=S)Nc1ccc(Cl)cc1. The lowest BCUT2D eigenvalue weighted by atomic mass is 10.1. The number of ether oxygens (including phenoxy) is 1. The van der Waals surface area contributed by atoms with Crippen LogP contribution in [0.25, 0.3) is 0 Å². The molecule has 9 heteroatoms. The third-order valence-electron chi connectivity index (χ3n) is 3.75. The largest absolute Gasteiger partial charge is 0.388 e. The molecule has 1 fully saturated rings. The Bertz CT molecular complexity index is 683. The van der Waals surface area contributed by atoms with Gasteiger partial charge >= 0.3 is 0 Å². The molecule has 1 aliphatic rings. The monoisotopic (exact) mass is 368 g/mol. The van der Waals surface area contributed by atoms with E-state index in [2.05, 4.69) is 20.6 Å². The Hall–Kier alpha value is -1.71. The number of aliphatic hydroxyl groups excluding tert-OH is 2. The summed E-state index contributed by atoms with van der Waals surface area (Å²) >= 11 is 11.0. The van der Waals surface area contributed by atoms with Crippen molar-refractivity contribution >= 4 is 34.6 Å². The maximum Gasteiger partial charge on any atom is 0.170 e. The number of thiocarbonyl (C=S) groups is 1. The zero-order valence-corrected chi connectivity index (χ0v) is 14.1. The van der Waals surface area contributed by atoms with Crippen molar-refractivity contribution in [3.8, 4) is 0 Å². The fraction of sp³-hybridized carbons (Fsp3) is 0.333. The molecule has 0 radical (unpaired) electrons. The number of aromatic nitrogens is 2. The van der Waals surface area contributed by atoms with Gasteiger partial charge in [-0.3, -0.25) is 0 Å². The van der Waals surface area contributed by atoms with E-state index in [0.29, 0.717) is 15.8 Å². The van der Waals surface area contributed by atoms with Crippen molar-refractivity contribution in [3.05, 3.63) is 47.5 Å². The third kappa shape index (κ3) is 3.85. The normalized spacial score (nSPS) is 26.3. The number of benzene rings is 1. The average Bonchev–Trinajstić information content (AvgIpc) is 3.18. The van der Waals surface area contributed by atoms with E-state index in [0.717, 1.165) is 5.69 Å². The summed E-state index contributed by atoms with van der Waals surface area (Å²) in [5.41, 5.74) is 1.41. The highest BCUT2D eigenvalue weighted by atomic mass is 35.5. The van der Waals surface area contributed by atoms with Crippen molar-refractivity contribution in [1.29, 1.82) is 0 Å². The molecule has 0 bridgehead atoms. The summed E-state index contributed by atoms with van der Waals surface area (Å²) in [7, 11) is 0. The van der Waals surface area contributed by atoms with E-state index in [9.17, 15) is 10.2 Å². The van der Waals surface area contributed by atoms with Crippen molar-refractivity contribution in [3.63, 3.8) is 0 Å². The molecule has 3 rings (SSSR count). The van der Waals surface area contributed by atoms with Crippen LogP contribution in [0.4, 0.5) is 5.69 Å². The number of anilines is 1. The van der Waals surface area contributed by atoms with Gasteiger partial charge in [-0.05, 0) is 36.5 Å². The lowest BCUT2D eigenvalue weighted by molar-refractivity contribution is 0.00767. The molecule has 7 nitrogen and oxygen atoms in total. The molecule has 4 atom stereocenters. The standard InChI is InChI=1S/C15H17ClN4O3S/c16-8-1-3-9(4-2-8)20-15(24)18-6-11-12(21)13(22)14(23-11)10-5-17-7-19-10/h1-5,7,11-14,21-22H,6H2,(H,17,19)(H2,18,20,24)/t11-,12-,13+,14-/m0/s1. The minimum absolute atomic E-state index is 0.252. The second kappa shape index (κ2) is 7.45. The van der Waals surface area contributed by atoms with Gasteiger partial charge in [-0.25, -0.2) is 4.98 Å². The van der Waals surface area contributed by atoms with Gasteiger partial charge in [0.05, 0.1) is 18.2 Å². The fourth-order valence-corrected chi connectivity index (χ4v) is 2.83. The minimum Gasteiger partial charge on any atom is -0.388 e. The molecule has 0 aliphatic carbocycles. The molecule has 2 aromatic rings. The maximum atomic E-state index is 10.1. The van der Waals surface area contributed by atoms with Gasteiger partial charge in [0, 0.05) is 17.3 Å². The molecule has 1 aliphatic heterocycles. The number of aliphatic hydroxyl groups is 2. The Balaban J connectivity index is 1.52. The molecule has 0 spiro atoms. The second-order valence-electron chi connectivity index (χ2n) is 5.43. The van der Waals surface area contributed by atoms with Crippen LogP contribution in [0.3, 0.4) is 0 Å². The summed E-state index contributed by atoms with van der Waals surface area (Å²) in [6.45, 7) is 0.252. The number of halogens is 1. The topological polar surface area (TPSA) is 102 Å². The van der Waals surface area contributed by atoms with Crippen LogP contribution in [-0.2, 0) is 4.74 Å². The zero-order valence-electron chi connectivity index (χ0n) is 12.5. The van der Waals surface area contributed by atoms with E-state index < -0.39 is 24.4 Å². The zero-order chi connectivity index (χ0) is 17.1. The van der Waals surface area contributed by atoms with Crippen LogP contribution in [0.5, 0.6) is 0 Å². The van der Waals surface area contributed by atoms with Crippen molar-refractivity contribution in [2.45, 2.75) is 24.4 Å². The number of hydrogen-bond acceptors (Lipinski definition) is 5. The van der Waals surface area contributed by atoms with Crippen molar-refractivity contribution in [2.24, 2.45) is 0 Å². The number of hydrogen-bond donors (Lipinski definition) is 5. The molecule has 1 aromatic carbocycles. The molecule has 5 N–H and O–H groups in total. The Morgan fingerprint density at radius 2 is 2.04 bits per heavy atom. The predicted molar refractivity (Wildman–Crippen MR) is 93.9 cm³/mol. The van der Waals surface area contributed by atoms with Crippen LogP contribution in [0.1, 0.15) is 11.8 Å². The molecule has 0 saturated carbocycles. The van der Waals surface area contributed by atoms with Gasteiger partial charge in [0.15, 0.2) is 5.11 Å². The Morgan fingerprint density at radius 3 is 2.71 bits per heavy atom.